The van der Waals surface area contributed by atoms with Gasteiger partial charge in [0.25, 0.3) is 0 Å². The molecule has 1 N–H and O–H groups in total. The highest BCUT2D eigenvalue weighted by atomic mass is 32.1. The summed E-state index contributed by atoms with van der Waals surface area (Å²) >= 11 is 1.44. The lowest BCUT2D eigenvalue weighted by atomic mass is 10.0. The van der Waals surface area contributed by atoms with Gasteiger partial charge in [0.15, 0.2) is 0 Å². The molecule has 32 heavy (non-hydrogen) atoms. The van der Waals surface area contributed by atoms with Crippen molar-refractivity contribution in [1.82, 2.24) is 19.5 Å². The number of aryl methyl sites for hydroxylation is 1. The van der Waals surface area contributed by atoms with E-state index in [0.717, 1.165) is 16.2 Å². The minimum Gasteiger partial charge on any atom is -0.497 e. The van der Waals surface area contributed by atoms with Crippen LogP contribution in [-0.2, 0) is 0 Å². The number of methoxy groups -OCH3 is 1. The Hall–Kier alpha value is -3.17. The number of hydrogen-bond acceptors (Lipinski definition) is 7. The molecule has 0 saturated carbocycles. The third kappa shape index (κ3) is 3.67. The van der Waals surface area contributed by atoms with Crippen LogP contribution in [0.4, 0.5) is 10.1 Å². The maximum Gasteiger partial charge on any atom is 0.230 e. The molecule has 1 fully saturated rings. The lowest BCUT2D eigenvalue weighted by molar-refractivity contribution is 0.210. The van der Waals surface area contributed by atoms with Crippen molar-refractivity contribution in [3.05, 3.63) is 70.6 Å². The van der Waals surface area contributed by atoms with Gasteiger partial charge < -0.3 is 14.7 Å². The number of hydrogen-bond donors (Lipinski definition) is 1. The zero-order valence-electron chi connectivity index (χ0n) is 17.9. The van der Waals surface area contributed by atoms with Crippen LogP contribution in [0, 0.1) is 12.7 Å². The maximum atomic E-state index is 14.3. The Labute approximate surface area is 189 Å². The van der Waals surface area contributed by atoms with E-state index < -0.39 is 0 Å². The molecule has 1 aliphatic heterocycles. The van der Waals surface area contributed by atoms with E-state index in [1.54, 1.807) is 20.1 Å². The van der Waals surface area contributed by atoms with E-state index in [9.17, 15) is 9.50 Å². The average Bonchev–Trinajstić information content (AvgIpc) is 3.32. The van der Waals surface area contributed by atoms with E-state index in [-0.39, 0.29) is 17.7 Å². The first-order chi connectivity index (χ1) is 15.5. The quantitative estimate of drug-likeness (QED) is 0.495. The summed E-state index contributed by atoms with van der Waals surface area (Å²) in [5, 5.41) is 15.3. The topological polar surface area (TPSA) is 66.1 Å². The van der Waals surface area contributed by atoms with Gasteiger partial charge in [0.1, 0.15) is 17.4 Å². The Bertz CT molecular complexity index is 1250. The Kier molecular flexibility index (Phi) is 5.44. The highest BCUT2D eigenvalue weighted by molar-refractivity contribution is 7.17. The summed E-state index contributed by atoms with van der Waals surface area (Å²) in [5.41, 5.74) is 1.64. The molecule has 0 spiro atoms. The van der Waals surface area contributed by atoms with Crippen LogP contribution in [0.15, 0.2) is 48.5 Å². The minimum atomic E-state index is -0.205. The largest absolute Gasteiger partial charge is 0.497 e. The molecule has 4 aromatic rings. The summed E-state index contributed by atoms with van der Waals surface area (Å²) in [6, 6.07) is 14.6. The molecule has 0 amide bonds. The number of rotatable bonds is 5. The van der Waals surface area contributed by atoms with Gasteiger partial charge >= 0.3 is 0 Å². The van der Waals surface area contributed by atoms with Gasteiger partial charge in [-0.2, -0.15) is 4.52 Å². The van der Waals surface area contributed by atoms with Gasteiger partial charge in [-0.1, -0.05) is 35.6 Å². The Morgan fingerprint density at radius 1 is 1.09 bits per heavy atom. The van der Waals surface area contributed by atoms with E-state index in [0.29, 0.717) is 42.7 Å². The second-order valence-corrected chi connectivity index (χ2v) is 8.81. The predicted molar refractivity (Wildman–Crippen MR) is 122 cm³/mol. The summed E-state index contributed by atoms with van der Waals surface area (Å²) in [6.45, 7) is 4.59. The van der Waals surface area contributed by atoms with Crippen LogP contribution in [0.25, 0.3) is 4.96 Å². The van der Waals surface area contributed by atoms with Crippen molar-refractivity contribution in [2.45, 2.75) is 13.0 Å². The smallest absolute Gasteiger partial charge is 0.230 e. The van der Waals surface area contributed by atoms with Crippen LogP contribution in [0.2, 0.25) is 0 Å². The Morgan fingerprint density at radius 2 is 1.88 bits per heavy atom. The number of ether oxygens (including phenoxy) is 1. The molecule has 3 heterocycles. The van der Waals surface area contributed by atoms with Crippen molar-refractivity contribution in [3.63, 3.8) is 0 Å². The SMILES string of the molecule is COc1cccc([C@@H](c2sc3nc(C)nn3c2O)N2CCN(c3ccccc3F)CC2)c1. The Morgan fingerprint density at radius 3 is 2.59 bits per heavy atom. The van der Waals surface area contributed by atoms with Gasteiger partial charge in [-0.15, -0.1) is 5.10 Å². The van der Waals surface area contributed by atoms with Gasteiger partial charge in [-0.25, -0.2) is 9.37 Å². The third-order valence-corrected chi connectivity index (χ3v) is 6.91. The van der Waals surface area contributed by atoms with Crippen molar-refractivity contribution < 1.29 is 14.2 Å². The lowest BCUT2D eigenvalue weighted by Crippen LogP contribution is -2.48. The van der Waals surface area contributed by atoms with Crippen LogP contribution in [-0.4, -0.2) is 57.9 Å². The zero-order valence-corrected chi connectivity index (χ0v) is 18.7. The standard InChI is InChI=1S/C23H24FN5O2S/c1-15-25-23-29(26-15)22(30)21(32-23)20(16-6-5-7-17(14-16)31-2)28-12-10-27(11-13-28)19-9-4-3-8-18(19)24/h3-9,14,20,30H,10-13H2,1-2H3/t20-/m0/s1. The fourth-order valence-electron chi connectivity index (χ4n) is 4.29. The summed E-state index contributed by atoms with van der Waals surface area (Å²) in [6.07, 6.45) is 0. The second kappa shape index (κ2) is 8.40. The van der Waals surface area contributed by atoms with Gasteiger partial charge in [0.05, 0.1) is 23.7 Å². The van der Waals surface area contributed by atoms with Crippen molar-refractivity contribution >= 4 is 22.0 Å². The molecule has 0 aliphatic carbocycles. The molecule has 0 unspecified atom stereocenters. The molecule has 5 rings (SSSR count). The fraction of sp³-hybridized carbons (Fsp3) is 0.304. The monoisotopic (exact) mass is 453 g/mol. The first-order valence-electron chi connectivity index (χ1n) is 10.5. The molecule has 166 valence electrons. The summed E-state index contributed by atoms with van der Waals surface area (Å²) in [7, 11) is 1.64. The zero-order chi connectivity index (χ0) is 22.2. The van der Waals surface area contributed by atoms with Crippen molar-refractivity contribution in [3.8, 4) is 11.6 Å². The first-order valence-corrected chi connectivity index (χ1v) is 11.3. The third-order valence-electron chi connectivity index (χ3n) is 5.84. The minimum absolute atomic E-state index is 0.106. The molecule has 1 atom stereocenters. The number of thiazole rings is 1. The van der Waals surface area contributed by atoms with Crippen LogP contribution in [0.3, 0.4) is 0 Å². The number of para-hydroxylation sites is 1. The molecule has 7 nitrogen and oxygen atoms in total. The molecular formula is C23H24FN5O2S. The summed E-state index contributed by atoms with van der Waals surface area (Å²) in [5.74, 6) is 1.28. The second-order valence-electron chi connectivity index (χ2n) is 7.80. The first kappa shape index (κ1) is 20.7. The molecular weight excluding hydrogens is 429 g/mol. The van der Waals surface area contributed by atoms with E-state index >= 15 is 0 Å². The highest BCUT2D eigenvalue weighted by Gasteiger charge is 2.32. The maximum absolute atomic E-state index is 14.3. The molecule has 0 bridgehead atoms. The molecule has 1 aliphatic rings. The summed E-state index contributed by atoms with van der Waals surface area (Å²) in [4.78, 5) is 10.3. The van der Waals surface area contributed by atoms with Crippen LogP contribution in [0.5, 0.6) is 11.6 Å². The molecule has 0 radical (unpaired) electrons. The van der Waals surface area contributed by atoms with Crippen LogP contribution >= 0.6 is 11.3 Å². The van der Waals surface area contributed by atoms with Gasteiger partial charge in [0, 0.05) is 26.2 Å². The van der Waals surface area contributed by atoms with E-state index in [1.807, 2.05) is 36.4 Å². The number of aromatic hydroxyl groups is 1. The molecule has 9 heteroatoms. The fourth-order valence-corrected chi connectivity index (χ4v) is 5.46. The summed E-state index contributed by atoms with van der Waals surface area (Å²) < 4.78 is 21.2. The van der Waals surface area contributed by atoms with Crippen molar-refractivity contribution in [2.75, 3.05) is 38.2 Å². The lowest BCUT2D eigenvalue weighted by Gasteiger charge is -2.40. The number of benzene rings is 2. The number of halogens is 1. The van der Waals surface area contributed by atoms with E-state index in [4.69, 9.17) is 4.74 Å². The van der Waals surface area contributed by atoms with Gasteiger partial charge in [0.2, 0.25) is 10.8 Å². The molecule has 1 saturated heterocycles. The highest BCUT2D eigenvalue weighted by Crippen LogP contribution is 2.41. The number of nitrogens with zero attached hydrogens (tertiary/aromatic N) is 5. The van der Waals surface area contributed by atoms with Crippen molar-refractivity contribution in [1.29, 1.82) is 0 Å². The van der Waals surface area contributed by atoms with E-state index in [2.05, 4.69) is 19.9 Å². The average molecular weight is 454 g/mol. The van der Waals surface area contributed by atoms with Crippen molar-refractivity contribution in [2.24, 2.45) is 0 Å². The van der Waals surface area contributed by atoms with Crippen LogP contribution < -0.4 is 9.64 Å². The van der Waals surface area contributed by atoms with Crippen LogP contribution in [0.1, 0.15) is 22.3 Å². The number of piperazine rings is 1. The van der Waals surface area contributed by atoms with Gasteiger partial charge in [-0.3, -0.25) is 4.90 Å². The predicted octanol–water partition coefficient (Wildman–Crippen LogP) is 3.86. The normalized spacial score (nSPS) is 15.9. The van der Waals surface area contributed by atoms with E-state index in [1.165, 1.54) is 21.9 Å². The Balaban J connectivity index is 1.49. The molecule has 2 aromatic carbocycles. The van der Waals surface area contributed by atoms with Gasteiger partial charge in [-0.05, 0) is 36.8 Å². The number of anilines is 1. The number of aromatic nitrogens is 3. The molecule has 2 aromatic heterocycles. The number of fused-ring (bicyclic) bond motifs is 1.